The van der Waals surface area contributed by atoms with Gasteiger partial charge in [0.25, 0.3) is 5.91 Å². The molecule has 2 aromatic heterocycles. The van der Waals surface area contributed by atoms with Crippen LogP contribution in [0.4, 0.5) is 0 Å². The fraction of sp³-hybridized carbons (Fsp3) is 0.130. The third-order valence-corrected chi connectivity index (χ3v) is 4.75. The molecular weight excluding hydrogens is 364 g/mol. The second-order valence-corrected chi connectivity index (χ2v) is 6.78. The first kappa shape index (κ1) is 18.6. The van der Waals surface area contributed by atoms with E-state index >= 15 is 0 Å². The minimum absolute atomic E-state index is 0.113. The second-order valence-electron chi connectivity index (χ2n) is 6.78. The van der Waals surface area contributed by atoms with Crippen LogP contribution < -0.4 is 5.32 Å². The Labute approximate surface area is 168 Å². The fourth-order valence-corrected chi connectivity index (χ4v) is 3.04. The van der Waals surface area contributed by atoms with Gasteiger partial charge < -0.3 is 9.73 Å². The van der Waals surface area contributed by atoms with E-state index < -0.39 is 0 Å². The van der Waals surface area contributed by atoms with Crippen LogP contribution in [-0.4, -0.2) is 21.1 Å². The number of aromatic nitrogens is 3. The smallest absolute Gasteiger partial charge is 0.251 e. The molecule has 0 aliphatic heterocycles. The monoisotopic (exact) mass is 384 g/mol. The summed E-state index contributed by atoms with van der Waals surface area (Å²) in [5.74, 6) is 0.749. The lowest BCUT2D eigenvalue weighted by Crippen LogP contribution is -2.26. The average molecular weight is 384 g/mol. The number of carbonyl (C=O) groups excluding carboxylic acids is 1. The molecule has 0 spiro atoms. The Morgan fingerprint density at radius 3 is 2.34 bits per heavy atom. The molecule has 0 saturated carbocycles. The summed E-state index contributed by atoms with van der Waals surface area (Å²) in [4.78, 5) is 16.5. The number of hydrogen-bond donors (Lipinski definition) is 1. The summed E-state index contributed by atoms with van der Waals surface area (Å²) >= 11 is 0. The third kappa shape index (κ3) is 4.06. The molecule has 0 bridgehead atoms. The predicted octanol–water partition coefficient (Wildman–Crippen LogP) is 4.60. The van der Waals surface area contributed by atoms with Gasteiger partial charge >= 0.3 is 0 Å². The molecule has 4 aromatic rings. The molecule has 29 heavy (non-hydrogen) atoms. The fourth-order valence-electron chi connectivity index (χ4n) is 3.04. The highest BCUT2D eigenvalue weighted by atomic mass is 16.4. The molecule has 1 unspecified atom stereocenters. The van der Waals surface area contributed by atoms with Crippen LogP contribution in [0.2, 0.25) is 0 Å². The van der Waals surface area contributed by atoms with E-state index in [0.29, 0.717) is 17.3 Å². The van der Waals surface area contributed by atoms with Crippen molar-refractivity contribution in [2.24, 2.45) is 0 Å². The molecule has 1 amide bonds. The SMILES string of the molecule is Cc1ccccc1-c1nnc(-c2ccc(C(=O)NC(C)c3ccncc3)cc2)o1. The highest BCUT2D eigenvalue weighted by Crippen LogP contribution is 2.26. The van der Waals surface area contributed by atoms with Crippen LogP contribution in [0.1, 0.15) is 34.5 Å². The zero-order valence-corrected chi connectivity index (χ0v) is 16.2. The highest BCUT2D eigenvalue weighted by molar-refractivity contribution is 5.94. The summed E-state index contributed by atoms with van der Waals surface area (Å²) in [7, 11) is 0. The van der Waals surface area contributed by atoms with Gasteiger partial charge in [-0.15, -0.1) is 10.2 Å². The first-order valence-corrected chi connectivity index (χ1v) is 9.32. The van der Waals surface area contributed by atoms with Crippen LogP contribution in [0.3, 0.4) is 0 Å². The van der Waals surface area contributed by atoms with Crippen LogP contribution >= 0.6 is 0 Å². The topological polar surface area (TPSA) is 80.9 Å². The summed E-state index contributed by atoms with van der Waals surface area (Å²) in [5.41, 5.74) is 4.30. The van der Waals surface area contributed by atoms with Crippen molar-refractivity contribution in [1.29, 1.82) is 0 Å². The van der Waals surface area contributed by atoms with Gasteiger partial charge in [0.2, 0.25) is 11.8 Å². The van der Waals surface area contributed by atoms with Crippen LogP contribution in [0.15, 0.2) is 77.5 Å². The van der Waals surface area contributed by atoms with Crippen LogP contribution in [0.25, 0.3) is 22.9 Å². The van der Waals surface area contributed by atoms with E-state index in [4.69, 9.17) is 4.42 Å². The quantitative estimate of drug-likeness (QED) is 0.544. The number of nitrogens with zero attached hydrogens (tertiary/aromatic N) is 3. The Morgan fingerprint density at radius 1 is 0.931 bits per heavy atom. The number of benzene rings is 2. The molecule has 2 aromatic carbocycles. The standard InChI is InChI=1S/C23H20N4O2/c1-15-5-3-4-6-20(15)23-27-26-22(29-23)19-9-7-18(8-10-19)21(28)25-16(2)17-11-13-24-14-12-17/h3-14,16H,1-2H3,(H,25,28). The lowest BCUT2D eigenvalue weighted by molar-refractivity contribution is 0.0940. The number of pyridine rings is 1. The molecule has 0 fully saturated rings. The van der Waals surface area contributed by atoms with Crippen molar-refractivity contribution < 1.29 is 9.21 Å². The maximum absolute atomic E-state index is 12.5. The summed E-state index contributed by atoms with van der Waals surface area (Å²) in [6, 6.07) is 18.6. The number of amides is 1. The lowest BCUT2D eigenvalue weighted by atomic mass is 10.1. The Bertz CT molecular complexity index is 1120. The summed E-state index contributed by atoms with van der Waals surface area (Å²) < 4.78 is 5.83. The van der Waals surface area contributed by atoms with E-state index in [1.807, 2.05) is 50.2 Å². The number of carbonyl (C=O) groups is 1. The van der Waals surface area contributed by atoms with Gasteiger partial charge in [-0.2, -0.15) is 0 Å². The minimum Gasteiger partial charge on any atom is -0.416 e. The van der Waals surface area contributed by atoms with Crippen LogP contribution in [0, 0.1) is 6.92 Å². The number of rotatable bonds is 5. The zero-order chi connectivity index (χ0) is 20.2. The average Bonchev–Trinajstić information content (AvgIpc) is 3.25. The van der Waals surface area contributed by atoms with Gasteiger partial charge in [0.15, 0.2) is 0 Å². The van der Waals surface area contributed by atoms with Gasteiger partial charge in [-0.3, -0.25) is 9.78 Å². The summed E-state index contributed by atoms with van der Waals surface area (Å²) in [6.07, 6.45) is 3.42. The van der Waals surface area contributed by atoms with Crippen molar-refractivity contribution in [2.75, 3.05) is 0 Å². The molecule has 0 radical (unpaired) electrons. The number of hydrogen-bond acceptors (Lipinski definition) is 5. The molecule has 144 valence electrons. The molecule has 0 aliphatic rings. The summed E-state index contributed by atoms with van der Waals surface area (Å²) in [6.45, 7) is 3.94. The van der Waals surface area contributed by atoms with E-state index in [1.54, 1.807) is 36.7 Å². The maximum atomic E-state index is 12.5. The Kier molecular flexibility index (Phi) is 5.16. The Morgan fingerprint density at radius 2 is 1.62 bits per heavy atom. The van der Waals surface area contributed by atoms with Crippen molar-refractivity contribution in [3.63, 3.8) is 0 Å². The first-order chi connectivity index (χ1) is 14.1. The van der Waals surface area contributed by atoms with Crippen molar-refractivity contribution >= 4 is 5.91 Å². The minimum atomic E-state index is -0.146. The van der Waals surface area contributed by atoms with Gasteiger partial charge in [-0.1, -0.05) is 18.2 Å². The van der Waals surface area contributed by atoms with Gasteiger partial charge in [-0.25, -0.2) is 0 Å². The third-order valence-electron chi connectivity index (χ3n) is 4.75. The molecule has 1 N–H and O–H groups in total. The second kappa shape index (κ2) is 8.06. The molecule has 0 saturated heterocycles. The molecule has 0 aliphatic carbocycles. The van der Waals surface area contributed by atoms with E-state index in [9.17, 15) is 4.79 Å². The summed E-state index contributed by atoms with van der Waals surface area (Å²) in [5, 5.41) is 11.3. The maximum Gasteiger partial charge on any atom is 0.251 e. The van der Waals surface area contributed by atoms with Crippen molar-refractivity contribution in [3.8, 4) is 22.9 Å². The van der Waals surface area contributed by atoms with E-state index in [0.717, 1.165) is 22.3 Å². The Hall–Kier alpha value is -3.80. The van der Waals surface area contributed by atoms with Crippen molar-refractivity contribution in [1.82, 2.24) is 20.5 Å². The van der Waals surface area contributed by atoms with E-state index in [-0.39, 0.29) is 11.9 Å². The molecule has 1 atom stereocenters. The largest absolute Gasteiger partial charge is 0.416 e. The van der Waals surface area contributed by atoms with Gasteiger partial charge in [0.05, 0.1) is 6.04 Å². The van der Waals surface area contributed by atoms with Crippen LogP contribution in [-0.2, 0) is 0 Å². The highest BCUT2D eigenvalue weighted by Gasteiger charge is 2.14. The number of nitrogens with one attached hydrogen (secondary N) is 1. The molecular formula is C23H20N4O2. The van der Waals surface area contributed by atoms with Crippen molar-refractivity contribution in [2.45, 2.75) is 19.9 Å². The number of aryl methyl sites for hydroxylation is 1. The van der Waals surface area contributed by atoms with Crippen LogP contribution in [0.5, 0.6) is 0 Å². The molecule has 2 heterocycles. The van der Waals surface area contributed by atoms with Gasteiger partial charge in [0.1, 0.15) is 0 Å². The van der Waals surface area contributed by atoms with Gasteiger partial charge in [0, 0.05) is 29.1 Å². The van der Waals surface area contributed by atoms with E-state index in [1.165, 1.54) is 0 Å². The first-order valence-electron chi connectivity index (χ1n) is 9.32. The lowest BCUT2D eigenvalue weighted by Gasteiger charge is -2.14. The normalized spacial score (nSPS) is 11.8. The zero-order valence-electron chi connectivity index (χ0n) is 16.2. The molecule has 4 rings (SSSR count). The predicted molar refractivity (Wildman–Crippen MR) is 110 cm³/mol. The van der Waals surface area contributed by atoms with Crippen molar-refractivity contribution in [3.05, 3.63) is 89.7 Å². The molecule has 6 nitrogen and oxygen atoms in total. The molecule has 6 heteroatoms. The van der Waals surface area contributed by atoms with Gasteiger partial charge in [-0.05, 0) is 67.4 Å². The Balaban J connectivity index is 1.48. The van der Waals surface area contributed by atoms with E-state index in [2.05, 4.69) is 20.5 Å².